The summed E-state index contributed by atoms with van der Waals surface area (Å²) in [5.41, 5.74) is 0. The minimum absolute atomic E-state index is 0.135. The maximum absolute atomic E-state index is 10.9. The highest BCUT2D eigenvalue weighted by molar-refractivity contribution is 5.69. The minimum atomic E-state index is -0.135. The summed E-state index contributed by atoms with van der Waals surface area (Å²) < 4.78 is 4.59. The normalized spacial score (nSPS) is 12.6. The first kappa shape index (κ1) is 21.2. The van der Waals surface area contributed by atoms with Gasteiger partial charge in [-0.3, -0.25) is 4.79 Å². The Labute approximate surface area is 142 Å². The number of hydrogen-bond donors (Lipinski definition) is 0. The molecule has 23 heavy (non-hydrogen) atoms. The summed E-state index contributed by atoms with van der Waals surface area (Å²) in [6.07, 6.45) is 29.2. The van der Waals surface area contributed by atoms with Gasteiger partial charge >= 0.3 is 5.97 Å². The minimum Gasteiger partial charge on any atom is -0.469 e. The number of methoxy groups -OCH3 is 1. The van der Waals surface area contributed by atoms with Crippen LogP contribution in [0.3, 0.4) is 0 Å². The molecule has 0 aromatic rings. The smallest absolute Gasteiger partial charge is 0.305 e. The van der Waals surface area contributed by atoms with Gasteiger partial charge in [-0.15, -0.1) is 0 Å². The van der Waals surface area contributed by atoms with E-state index in [9.17, 15) is 4.79 Å². The number of carbonyl (C=O) groups excluding carboxylic acids is 1. The summed E-state index contributed by atoms with van der Waals surface area (Å²) in [5, 5.41) is 0. The topological polar surface area (TPSA) is 26.3 Å². The fourth-order valence-corrected chi connectivity index (χ4v) is 1.85. The quantitative estimate of drug-likeness (QED) is 0.178. The lowest BCUT2D eigenvalue weighted by Crippen LogP contribution is -1.98. The number of hydrogen-bond acceptors (Lipinski definition) is 2. The molecule has 2 nitrogen and oxygen atoms in total. The van der Waals surface area contributed by atoms with E-state index in [4.69, 9.17) is 0 Å². The lowest BCUT2D eigenvalue weighted by atomic mass is 10.2. The van der Waals surface area contributed by atoms with E-state index in [0.29, 0.717) is 6.42 Å². The summed E-state index contributed by atoms with van der Waals surface area (Å²) in [5.74, 6) is -0.135. The van der Waals surface area contributed by atoms with Crippen molar-refractivity contribution in [3.8, 4) is 0 Å². The van der Waals surface area contributed by atoms with E-state index in [2.05, 4.69) is 54.2 Å². The molecule has 0 amide bonds. The fourth-order valence-electron chi connectivity index (χ4n) is 1.85. The average molecular weight is 316 g/mol. The van der Waals surface area contributed by atoms with E-state index < -0.39 is 0 Å². The SMILES string of the molecule is CC/C=C\C/C=C\CCC/C=C/C=C/C=C\CCCC(=O)OC. The molecular formula is C21H32O2. The third kappa shape index (κ3) is 18.1. The molecule has 0 aliphatic rings. The second-order valence-corrected chi connectivity index (χ2v) is 5.23. The molecule has 2 heteroatoms. The molecular weight excluding hydrogens is 284 g/mol. The van der Waals surface area contributed by atoms with Crippen molar-refractivity contribution in [1.29, 1.82) is 0 Å². The van der Waals surface area contributed by atoms with Gasteiger partial charge in [0, 0.05) is 6.42 Å². The van der Waals surface area contributed by atoms with E-state index in [1.165, 1.54) is 13.5 Å². The fraction of sp³-hybridized carbons (Fsp3) is 0.476. The van der Waals surface area contributed by atoms with Crippen molar-refractivity contribution in [3.63, 3.8) is 0 Å². The lowest BCUT2D eigenvalue weighted by Gasteiger charge is -1.94. The number of ether oxygens (including phenoxy) is 1. The molecule has 0 fully saturated rings. The van der Waals surface area contributed by atoms with Gasteiger partial charge in [0.15, 0.2) is 0 Å². The Bertz CT molecular complexity index is 412. The Morgan fingerprint density at radius 1 is 0.783 bits per heavy atom. The van der Waals surface area contributed by atoms with Crippen LogP contribution in [0, 0.1) is 0 Å². The van der Waals surface area contributed by atoms with E-state index in [1.807, 2.05) is 18.2 Å². The monoisotopic (exact) mass is 316 g/mol. The molecule has 0 radical (unpaired) electrons. The molecule has 0 heterocycles. The van der Waals surface area contributed by atoms with Crippen LogP contribution >= 0.6 is 0 Å². The molecule has 0 N–H and O–H groups in total. The average Bonchev–Trinajstić information content (AvgIpc) is 2.57. The molecule has 0 saturated heterocycles. The van der Waals surface area contributed by atoms with Gasteiger partial charge in [-0.05, 0) is 44.9 Å². The largest absolute Gasteiger partial charge is 0.469 e. The second-order valence-electron chi connectivity index (χ2n) is 5.23. The van der Waals surface area contributed by atoms with Gasteiger partial charge in [0.1, 0.15) is 0 Å². The third-order valence-corrected chi connectivity index (χ3v) is 3.17. The molecule has 128 valence electrons. The van der Waals surface area contributed by atoms with Crippen molar-refractivity contribution in [2.45, 2.75) is 58.3 Å². The summed E-state index contributed by atoms with van der Waals surface area (Å²) in [6, 6.07) is 0. The van der Waals surface area contributed by atoms with Crippen LogP contribution in [0.25, 0.3) is 0 Å². The Hall–Kier alpha value is -1.83. The number of allylic oxidation sites excluding steroid dienone is 10. The predicted molar refractivity (Wildman–Crippen MR) is 100 cm³/mol. The number of unbranched alkanes of at least 4 members (excludes halogenated alkanes) is 3. The number of carbonyl (C=O) groups is 1. The lowest BCUT2D eigenvalue weighted by molar-refractivity contribution is -0.140. The van der Waals surface area contributed by atoms with Crippen molar-refractivity contribution in [1.82, 2.24) is 0 Å². The van der Waals surface area contributed by atoms with Crippen molar-refractivity contribution in [3.05, 3.63) is 60.8 Å². The van der Waals surface area contributed by atoms with E-state index in [0.717, 1.165) is 38.5 Å². The van der Waals surface area contributed by atoms with Gasteiger partial charge in [0.2, 0.25) is 0 Å². The maximum Gasteiger partial charge on any atom is 0.305 e. The molecule has 0 rings (SSSR count). The van der Waals surface area contributed by atoms with Crippen LogP contribution in [0.15, 0.2) is 60.8 Å². The van der Waals surface area contributed by atoms with Gasteiger partial charge < -0.3 is 4.74 Å². The highest BCUT2D eigenvalue weighted by Crippen LogP contribution is 2.00. The Kier molecular flexibility index (Phi) is 16.8. The molecule has 0 aromatic heterocycles. The van der Waals surface area contributed by atoms with Crippen molar-refractivity contribution >= 4 is 5.97 Å². The molecule has 0 atom stereocenters. The van der Waals surface area contributed by atoms with Gasteiger partial charge in [-0.1, -0.05) is 67.7 Å². The van der Waals surface area contributed by atoms with Crippen LogP contribution in [0.2, 0.25) is 0 Å². The maximum atomic E-state index is 10.9. The first-order valence-electron chi connectivity index (χ1n) is 8.66. The molecule has 0 aliphatic carbocycles. The molecule has 0 saturated carbocycles. The number of esters is 1. The highest BCUT2D eigenvalue weighted by atomic mass is 16.5. The van der Waals surface area contributed by atoms with Gasteiger partial charge in [0.25, 0.3) is 0 Å². The van der Waals surface area contributed by atoms with E-state index in [1.54, 1.807) is 0 Å². The summed E-state index contributed by atoms with van der Waals surface area (Å²) in [6.45, 7) is 2.15. The molecule has 0 bridgehead atoms. The summed E-state index contributed by atoms with van der Waals surface area (Å²) in [7, 11) is 1.43. The zero-order chi connectivity index (χ0) is 17.0. The Morgan fingerprint density at radius 3 is 2.04 bits per heavy atom. The van der Waals surface area contributed by atoms with Crippen LogP contribution in [0.1, 0.15) is 58.3 Å². The molecule has 0 unspecified atom stereocenters. The Balaban J connectivity index is 3.48. The van der Waals surface area contributed by atoms with Crippen LogP contribution in [0.4, 0.5) is 0 Å². The zero-order valence-corrected chi connectivity index (χ0v) is 14.7. The summed E-state index contributed by atoms with van der Waals surface area (Å²) in [4.78, 5) is 10.9. The van der Waals surface area contributed by atoms with E-state index >= 15 is 0 Å². The van der Waals surface area contributed by atoms with Crippen molar-refractivity contribution in [2.75, 3.05) is 7.11 Å². The summed E-state index contributed by atoms with van der Waals surface area (Å²) >= 11 is 0. The van der Waals surface area contributed by atoms with Crippen LogP contribution in [0.5, 0.6) is 0 Å². The van der Waals surface area contributed by atoms with Crippen LogP contribution in [-0.2, 0) is 9.53 Å². The van der Waals surface area contributed by atoms with Crippen molar-refractivity contribution < 1.29 is 9.53 Å². The molecule has 0 aliphatic heterocycles. The standard InChI is InChI=1S/C21H32O2/c1-3-4-5-6-7-8-9-10-11-12-13-14-15-16-17-18-19-20-21(22)23-2/h4-5,7-8,12-17H,3,6,9-11,18-20H2,1-2H3/b5-4-,8-7-,13-12+,15-14+,17-16-. The van der Waals surface area contributed by atoms with Crippen LogP contribution in [-0.4, -0.2) is 13.1 Å². The second kappa shape index (κ2) is 18.2. The van der Waals surface area contributed by atoms with E-state index in [-0.39, 0.29) is 5.97 Å². The predicted octanol–water partition coefficient (Wildman–Crippen LogP) is 6.08. The molecule has 0 spiro atoms. The van der Waals surface area contributed by atoms with Crippen molar-refractivity contribution in [2.24, 2.45) is 0 Å². The van der Waals surface area contributed by atoms with Gasteiger partial charge in [-0.2, -0.15) is 0 Å². The van der Waals surface area contributed by atoms with Crippen LogP contribution < -0.4 is 0 Å². The Morgan fingerprint density at radius 2 is 1.39 bits per heavy atom. The van der Waals surface area contributed by atoms with Gasteiger partial charge in [0.05, 0.1) is 7.11 Å². The first-order valence-corrected chi connectivity index (χ1v) is 8.66. The first-order chi connectivity index (χ1) is 11.3. The zero-order valence-electron chi connectivity index (χ0n) is 14.7. The highest BCUT2D eigenvalue weighted by Gasteiger charge is 1.96. The van der Waals surface area contributed by atoms with Gasteiger partial charge in [-0.25, -0.2) is 0 Å². The number of rotatable bonds is 13. The molecule has 0 aromatic carbocycles. The third-order valence-electron chi connectivity index (χ3n) is 3.17.